The normalized spacial score (nSPS) is 23.1. The second-order valence-corrected chi connectivity index (χ2v) is 20.4. The van der Waals surface area contributed by atoms with Gasteiger partial charge >= 0.3 is 17.3 Å². The van der Waals surface area contributed by atoms with Gasteiger partial charge in [0.15, 0.2) is 6.29 Å². The van der Waals surface area contributed by atoms with Gasteiger partial charge in [0.25, 0.3) is 0 Å². The second kappa shape index (κ2) is 18.9. The first-order valence-electron chi connectivity index (χ1n) is 15.3. The molecule has 20 nitrogen and oxygen atoms in total. The van der Waals surface area contributed by atoms with Crippen LogP contribution in [0.5, 0.6) is 0 Å². The van der Waals surface area contributed by atoms with E-state index in [0.717, 1.165) is 4.57 Å². The Labute approximate surface area is 296 Å². The van der Waals surface area contributed by atoms with Crippen LogP contribution in [0.4, 0.5) is 11.9 Å². The molecule has 6 atom stereocenters. The number of carbonyl (C=O) groups excluding carboxylic acids is 2. The highest BCUT2D eigenvalue weighted by Gasteiger charge is 2.38. The van der Waals surface area contributed by atoms with Gasteiger partial charge in [-0.2, -0.15) is 9.97 Å². The highest BCUT2D eigenvalue weighted by molar-refractivity contribution is 7.62. The molecule has 2 saturated heterocycles. The number of anilines is 2. The molecule has 2 aromatic rings. The summed E-state index contributed by atoms with van der Waals surface area (Å²) in [7, 11) is -4.47. The smallest absolute Gasteiger partial charge is 0.354 e. The Hall–Kier alpha value is -3.38. The first-order chi connectivity index (χ1) is 22.9. The topological polar surface area (TPSA) is 279 Å². The van der Waals surface area contributed by atoms with E-state index in [1.54, 1.807) is 47.4 Å². The van der Waals surface area contributed by atoms with Crippen molar-refractivity contribution in [2.75, 3.05) is 50.4 Å². The second-order valence-electron chi connectivity index (χ2n) is 13.6. The number of nitrogens with two attached hydrogens (primary N) is 1. The van der Waals surface area contributed by atoms with Gasteiger partial charge in [-0.1, -0.05) is 35.1 Å². The van der Waals surface area contributed by atoms with Crippen LogP contribution in [0.3, 0.4) is 0 Å². The number of aliphatic hydroxyl groups is 2. The predicted octanol–water partition coefficient (Wildman–Crippen LogP) is 1.69. The van der Waals surface area contributed by atoms with Crippen LogP contribution < -0.4 is 22.4 Å². The van der Waals surface area contributed by atoms with Crippen molar-refractivity contribution in [2.24, 2.45) is 11.3 Å². The van der Waals surface area contributed by atoms with Crippen molar-refractivity contribution >= 4 is 38.1 Å². The summed E-state index contributed by atoms with van der Waals surface area (Å²) in [5, 5.41) is 20.5. The van der Waals surface area contributed by atoms with E-state index in [2.05, 4.69) is 25.3 Å². The molecule has 4 heterocycles. The van der Waals surface area contributed by atoms with E-state index in [9.17, 15) is 33.4 Å². The molecule has 5 N–H and O–H groups in total. The van der Waals surface area contributed by atoms with Crippen LogP contribution in [0.15, 0.2) is 22.2 Å². The number of esters is 1. The van der Waals surface area contributed by atoms with Crippen molar-refractivity contribution in [2.45, 2.75) is 86.0 Å². The van der Waals surface area contributed by atoms with Crippen LogP contribution in [0.25, 0.3) is 0 Å². The maximum absolute atomic E-state index is 12.2. The molecule has 2 fully saturated rings. The maximum Gasteiger partial charge on any atom is 0.354 e. The van der Waals surface area contributed by atoms with Gasteiger partial charge in [0, 0.05) is 31.1 Å². The number of ether oxygens (including phenoxy) is 4. The summed E-state index contributed by atoms with van der Waals surface area (Å²) in [4.78, 5) is 61.7. The van der Waals surface area contributed by atoms with Crippen molar-refractivity contribution in [1.29, 1.82) is 0 Å². The van der Waals surface area contributed by atoms with Gasteiger partial charge in [0.2, 0.25) is 24.1 Å². The first-order valence-corrected chi connectivity index (χ1v) is 20.9. The van der Waals surface area contributed by atoms with Crippen LogP contribution in [0.1, 0.15) is 67.3 Å². The quantitative estimate of drug-likeness (QED) is 0.220. The molecule has 0 aromatic carbocycles. The number of hydrogen-bond donors (Lipinski definition) is 4. The Bertz CT molecular complexity index is 1690. The van der Waals surface area contributed by atoms with E-state index >= 15 is 0 Å². The summed E-state index contributed by atoms with van der Waals surface area (Å²) in [6.07, 6.45) is -1.00. The van der Waals surface area contributed by atoms with Gasteiger partial charge < -0.3 is 44.0 Å². The third kappa shape index (κ3) is 15.4. The summed E-state index contributed by atoms with van der Waals surface area (Å²) in [6, 6.07) is 0. The standard InChI is InChI=1S/C15H22N4O5.C10H17N4O5P.C3H9O2P.CH4/c1-8-6-10(24-11(8)23-9(2)20)19-7-16-13(18-14(19)22)17-12(21)15(3,4)5;1-20(2,17)5-18-8-6(15)3-7(19-8)14-4-12-9(11)13-10(14)16;1-6(2,5)3-4;/h7-8,10-11H,6H2,1-5H3,(H,17,18,21,22);4,6-8,15H,3,5H2,1-2H3,(H2,11,13,16);4H,3H2,1-2H3;1H4/t8-,10+,11-;6-,7+,8-;;/m00../s1. The number of hydrogen-bond acceptors (Lipinski definition) is 17. The minimum Gasteiger partial charge on any atom is -0.436 e. The molecule has 0 spiro atoms. The van der Waals surface area contributed by atoms with E-state index in [0.29, 0.717) is 6.42 Å². The molecule has 0 bridgehead atoms. The van der Waals surface area contributed by atoms with Crippen molar-refractivity contribution in [3.8, 4) is 0 Å². The lowest BCUT2D eigenvalue weighted by molar-refractivity contribution is -0.184. The number of rotatable bonds is 8. The van der Waals surface area contributed by atoms with Gasteiger partial charge in [0.05, 0.1) is 6.35 Å². The van der Waals surface area contributed by atoms with Gasteiger partial charge in [0.1, 0.15) is 51.8 Å². The Kier molecular flexibility index (Phi) is 16.9. The maximum atomic E-state index is 12.2. The monoisotopic (exact) mass is 766 g/mol. The fraction of sp³-hybridized carbons (Fsp3) is 0.724. The molecule has 4 rings (SSSR count). The van der Waals surface area contributed by atoms with E-state index in [4.69, 9.17) is 29.8 Å². The minimum atomic E-state index is -2.38. The highest BCUT2D eigenvalue weighted by atomic mass is 31.2. The molecular formula is C29H52N8O12P2. The van der Waals surface area contributed by atoms with Crippen LogP contribution in [0, 0.1) is 11.3 Å². The molecule has 0 unspecified atom stereocenters. The summed E-state index contributed by atoms with van der Waals surface area (Å²) in [6.45, 7) is 14.6. The fourth-order valence-electron chi connectivity index (χ4n) is 3.90. The predicted molar refractivity (Wildman–Crippen MR) is 188 cm³/mol. The van der Waals surface area contributed by atoms with Crippen molar-refractivity contribution in [3.63, 3.8) is 0 Å². The lowest BCUT2D eigenvalue weighted by atomic mass is 9.96. The zero-order valence-corrected chi connectivity index (χ0v) is 31.4. The van der Waals surface area contributed by atoms with E-state index in [1.807, 2.05) is 6.92 Å². The number of amides is 1. The number of carbonyl (C=O) groups is 2. The highest BCUT2D eigenvalue weighted by Crippen LogP contribution is 2.38. The lowest BCUT2D eigenvalue weighted by Gasteiger charge is -2.17. The molecule has 2 aliphatic heterocycles. The average molecular weight is 767 g/mol. The van der Waals surface area contributed by atoms with Gasteiger partial charge in [-0.05, 0) is 26.7 Å². The Balaban J connectivity index is 0.000000437. The van der Waals surface area contributed by atoms with Gasteiger partial charge in [-0.15, -0.1) is 0 Å². The molecule has 51 heavy (non-hydrogen) atoms. The van der Waals surface area contributed by atoms with Gasteiger partial charge in [-0.25, -0.2) is 19.6 Å². The third-order valence-electron chi connectivity index (χ3n) is 6.55. The van der Waals surface area contributed by atoms with Crippen molar-refractivity contribution < 1.29 is 47.9 Å². The van der Waals surface area contributed by atoms with Crippen molar-refractivity contribution in [1.82, 2.24) is 29.1 Å². The number of nitrogen functional groups attached to an aromatic ring is 1. The number of aromatic nitrogens is 6. The zero-order valence-electron chi connectivity index (χ0n) is 29.6. The van der Waals surface area contributed by atoms with Crippen LogP contribution in [-0.2, 0) is 37.7 Å². The summed E-state index contributed by atoms with van der Waals surface area (Å²) in [5.41, 5.74) is 3.45. The number of nitrogens with one attached hydrogen (secondary N) is 1. The third-order valence-corrected chi connectivity index (χ3v) is 8.00. The Morgan fingerprint density at radius 1 is 0.980 bits per heavy atom. The summed E-state index contributed by atoms with van der Waals surface area (Å²) in [5.74, 6) is -0.989. The molecule has 0 aliphatic carbocycles. The zero-order chi connectivity index (χ0) is 38.2. The molecule has 2 aliphatic rings. The summed E-state index contributed by atoms with van der Waals surface area (Å²) >= 11 is 0. The SMILES string of the molecule is C.CC(=O)O[C@H]1O[C@@H](n2cnc(NC(=O)C(C)(C)C)nc2=O)C[C@@H]1C.CP(C)(=O)CO.CP(C)(=O)CO[C@H]1O[C@@H](n2cnc(N)nc2=O)C[C@@H]1O. The first kappa shape index (κ1) is 45.6. The van der Waals surface area contributed by atoms with E-state index in [1.165, 1.54) is 24.1 Å². The summed E-state index contributed by atoms with van der Waals surface area (Å²) < 4.78 is 45.6. The minimum absolute atomic E-state index is 0. The Morgan fingerprint density at radius 2 is 1.49 bits per heavy atom. The Morgan fingerprint density at radius 3 is 1.96 bits per heavy atom. The van der Waals surface area contributed by atoms with E-state index < -0.39 is 68.2 Å². The molecule has 1 amide bonds. The number of aliphatic hydroxyl groups excluding tert-OH is 2. The lowest BCUT2D eigenvalue weighted by Crippen LogP contribution is -2.32. The van der Waals surface area contributed by atoms with Crippen LogP contribution in [0.2, 0.25) is 0 Å². The molecule has 0 saturated carbocycles. The number of nitrogens with zero attached hydrogens (tertiary/aromatic N) is 6. The fourth-order valence-corrected chi connectivity index (χ4v) is 4.41. The molecule has 290 valence electrons. The van der Waals surface area contributed by atoms with Crippen LogP contribution >= 0.6 is 14.3 Å². The van der Waals surface area contributed by atoms with Crippen LogP contribution in [-0.4, -0.2) is 109 Å². The van der Waals surface area contributed by atoms with E-state index in [-0.39, 0.29) is 50.3 Å². The van der Waals surface area contributed by atoms with Gasteiger partial charge in [-0.3, -0.25) is 24.0 Å². The average Bonchev–Trinajstić information content (AvgIpc) is 3.52. The largest absolute Gasteiger partial charge is 0.436 e. The molecule has 0 radical (unpaired) electrons. The molecule has 22 heteroatoms. The molecule has 2 aromatic heterocycles. The molecular weight excluding hydrogens is 714 g/mol. The van der Waals surface area contributed by atoms with Crippen molar-refractivity contribution in [3.05, 3.63) is 33.6 Å².